The standard InChI is InChI=1S/C23H29N5O3/c1-13(29)20(24)15-5-4-8-25-21(15)26-12-19(30)28-16-9-14(16)10-17(28)22(31)27-18-11-23(18)6-2-3-7-23/h4-5,8,14,16-18,24H,2-3,6-7,9-12H2,1H3,(H,25,26)(H,27,31)/t14?,16-,17-,18?/m0/s1. The lowest BCUT2D eigenvalue weighted by atomic mass is 10.0. The van der Waals surface area contributed by atoms with Gasteiger partial charge in [-0.1, -0.05) is 12.8 Å². The molecule has 1 aromatic heterocycles. The summed E-state index contributed by atoms with van der Waals surface area (Å²) in [5.74, 6) is 0.258. The predicted molar refractivity (Wildman–Crippen MR) is 115 cm³/mol. The maximum Gasteiger partial charge on any atom is 0.243 e. The van der Waals surface area contributed by atoms with Gasteiger partial charge in [-0.25, -0.2) is 4.98 Å². The Morgan fingerprint density at radius 2 is 2.03 bits per heavy atom. The molecule has 4 aliphatic rings. The van der Waals surface area contributed by atoms with E-state index in [0.29, 0.717) is 22.7 Å². The lowest BCUT2D eigenvalue weighted by molar-refractivity contribution is -0.138. The quantitative estimate of drug-likeness (QED) is 0.579. The molecule has 5 rings (SSSR count). The third kappa shape index (κ3) is 3.62. The monoisotopic (exact) mass is 423 g/mol. The zero-order valence-corrected chi connectivity index (χ0v) is 17.8. The van der Waals surface area contributed by atoms with Crippen molar-refractivity contribution in [3.63, 3.8) is 0 Å². The van der Waals surface area contributed by atoms with Gasteiger partial charge in [-0.2, -0.15) is 0 Å². The average molecular weight is 424 g/mol. The molecule has 8 heteroatoms. The molecule has 1 aliphatic heterocycles. The van der Waals surface area contributed by atoms with E-state index in [0.717, 1.165) is 19.3 Å². The maximum absolute atomic E-state index is 13.1. The molecule has 164 valence electrons. The number of hydrogen-bond donors (Lipinski definition) is 3. The summed E-state index contributed by atoms with van der Waals surface area (Å²) in [6.07, 6.45) is 9.28. The maximum atomic E-state index is 13.1. The summed E-state index contributed by atoms with van der Waals surface area (Å²) in [5, 5.41) is 14.2. The van der Waals surface area contributed by atoms with Crippen LogP contribution in [0.1, 0.15) is 57.4 Å². The van der Waals surface area contributed by atoms with Gasteiger partial charge in [0.2, 0.25) is 11.8 Å². The second-order valence-electron chi connectivity index (χ2n) is 9.63. The number of fused-ring (bicyclic) bond motifs is 1. The van der Waals surface area contributed by atoms with Gasteiger partial charge in [0.1, 0.15) is 17.6 Å². The first-order chi connectivity index (χ1) is 14.9. The number of Topliss-reactive ketones (excluding diaryl/α,β-unsaturated/α-hetero) is 1. The van der Waals surface area contributed by atoms with Crippen LogP contribution in [0.5, 0.6) is 0 Å². The number of ketones is 1. The normalized spacial score (nSPS) is 29.4. The van der Waals surface area contributed by atoms with Crippen LogP contribution in [0.2, 0.25) is 0 Å². The number of pyridine rings is 1. The highest BCUT2D eigenvalue weighted by molar-refractivity contribution is 6.45. The summed E-state index contributed by atoms with van der Waals surface area (Å²) in [4.78, 5) is 43.6. The number of hydrogen-bond acceptors (Lipinski definition) is 6. The zero-order chi connectivity index (χ0) is 21.8. The number of nitrogens with one attached hydrogen (secondary N) is 3. The SMILES string of the molecule is CC(=O)C(=N)c1cccnc1NCC(=O)N1[C@H](C(=O)NC2CC23CCCC3)CC2C[C@@H]21. The van der Waals surface area contributed by atoms with E-state index < -0.39 is 6.04 Å². The van der Waals surface area contributed by atoms with Crippen LogP contribution >= 0.6 is 0 Å². The van der Waals surface area contributed by atoms with Crippen LogP contribution in [0.3, 0.4) is 0 Å². The molecular formula is C23H29N5O3. The highest BCUT2D eigenvalue weighted by Crippen LogP contribution is 2.58. The fourth-order valence-electron chi connectivity index (χ4n) is 5.69. The Morgan fingerprint density at radius 1 is 1.26 bits per heavy atom. The highest BCUT2D eigenvalue weighted by Gasteiger charge is 2.59. The topological polar surface area (TPSA) is 115 Å². The average Bonchev–Trinajstić information content (AvgIpc) is 3.53. The molecule has 0 aromatic carbocycles. The minimum Gasteiger partial charge on any atom is -0.360 e. The molecule has 31 heavy (non-hydrogen) atoms. The number of amides is 2. The van der Waals surface area contributed by atoms with E-state index in [4.69, 9.17) is 5.41 Å². The Bertz CT molecular complexity index is 954. The Morgan fingerprint density at radius 3 is 2.77 bits per heavy atom. The number of piperidine rings is 1. The zero-order valence-electron chi connectivity index (χ0n) is 17.8. The smallest absolute Gasteiger partial charge is 0.243 e. The summed E-state index contributed by atoms with van der Waals surface area (Å²) >= 11 is 0. The predicted octanol–water partition coefficient (Wildman–Crippen LogP) is 1.89. The molecule has 4 fully saturated rings. The lowest BCUT2D eigenvalue weighted by Crippen LogP contribution is -2.50. The van der Waals surface area contributed by atoms with Gasteiger partial charge >= 0.3 is 0 Å². The molecule has 3 N–H and O–H groups in total. The molecule has 1 aromatic rings. The minimum absolute atomic E-state index is 0.00814. The molecule has 2 unspecified atom stereocenters. The van der Waals surface area contributed by atoms with E-state index in [9.17, 15) is 14.4 Å². The van der Waals surface area contributed by atoms with E-state index in [2.05, 4.69) is 15.6 Å². The molecule has 3 aliphatic carbocycles. The third-order valence-corrected chi connectivity index (χ3v) is 7.64. The number of nitrogens with zero attached hydrogens (tertiary/aromatic N) is 2. The molecular weight excluding hydrogens is 394 g/mol. The van der Waals surface area contributed by atoms with Gasteiger partial charge in [-0.05, 0) is 55.6 Å². The van der Waals surface area contributed by atoms with Gasteiger partial charge in [0.25, 0.3) is 0 Å². The van der Waals surface area contributed by atoms with Crippen molar-refractivity contribution in [2.24, 2.45) is 11.3 Å². The number of carbonyl (C=O) groups excluding carboxylic acids is 3. The van der Waals surface area contributed by atoms with Crippen LogP contribution in [0.25, 0.3) is 0 Å². The van der Waals surface area contributed by atoms with E-state index in [1.54, 1.807) is 23.2 Å². The number of aromatic nitrogens is 1. The van der Waals surface area contributed by atoms with Crippen LogP contribution in [0.15, 0.2) is 18.3 Å². The van der Waals surface area contributed by atoms with Crippen molar-refractivity contribution >= 4 is 29.1 Å². The Balaban J connectivity index is 1.22. The summed E-state index contributed by atoms with van der Waals surface area (Å²) in [6.45, 7) is 1.32. The van der Waals surface area contributed by atoms with Gasteiger partial charge in [0, 0.05) is 30.8 Å². The molecule has 0 bridgehead atoms. The van der Waals surface area contributed by atoms with Crippen LogP contribution in [0.4, 0.5) is 5.82 Å². The number of rotatable bonds is 7. The van der Waals surface area contributed by atoms with E-state index in [1.807, 2.05) is 0 Å². The van der Waals surface area contributed by atoms with Gasteiger partial charge in [0.05, 0.1) is 6.54 Å². The molecule has 3 saturated carbocycles. The van der Waals surface area contributed by atoms with Crippen molar-refractivity contribution in [2.45, 2.75) is 70.0 Å². The fraction of sp³-hybridized carbons (Fsp3) is 0.609. The number of anilines is 1. The second kappa shape index (κ2) is 7.43. The Kier molecular flexibility index (Phi) is 4.83. The van der Waals surface area contributed by atoms with Crippen LogP contribution in [-0.2, 0) is 14.4 Å². The van der Waals surface area contributed by atoms with Crippen LogP contribution in [0, 0.1) is 16.7 Å². The summed E-state index contributed by atoms with van der Waals surface area (Å²) in [6, 6.07) is 3.34. The molecule has 8 nitrogen and oxygen atoms in total. The van der Waals surface area contributed by atoms with Crippen molar-refractivity contribution in [2.75, 3.05) is 11.9 Å². The first kappa shape index (κ1) is 20.2. The van der Waals surface area contributed by atoms with Gasteiger partial charge in [0.15, 0.2) is 5.78 Å². The minimum atomic E-state index is -0.393. The van der Waals surface area contributed by atoms with Crippen molar-refractivity contribution < 1.29 is 14.4 Å². The van der Waals surface area contributed by atoms with Gasteiger partial charge in [-0.15, -0.1) is 0 Å². The molecule has 1 spiro atoms. The number of likely N-dealkylation sites (tertiary alicyclic amines) is 1. The molecule has 0 radical (unpaired) electrons. The van der Waals surface area contributed by atoms with E-state index >= 15 is 0 Å². The molecule has 2 amide bonds. The highest BCUT2D eigenvalue weighted by atomic mass is 16.2. The van der Waals surface area contributed by atoms with Crippen LogP contribution < -0.4 is 10.6 Å². The Hall–Kier alpha value is -2.77. The molecule has 1 saturated heterocycles. The number of carbonyl (C=O) groups is 3. The fourth-order valence-corrected chi connectivity index (χ4v) is 5.69. The van der Waals surface area contributed by atoms with Crippen molar-refractivity contribution in [3.8, 4) is 0 Å². The first-order valence-electron chi connectivity index (χ1n) is 11.3. The first-order valence-corrected chi connectivity index (χ1v) is 11.3. The third-order valence-electron chi connectivity index (χ3n) is 7.64. The summed E-state index contributed by atoms with van der Waals surface area (Å²) in [5.41, 5.74) is 0.567. The van der Waals surface area contributed by atoms with Crippen molar-refractivity contribution in [1.29, 1.82) is 5.41 Å². The molecule has 4 atom stereocenters. The lowest BCUT2D eigenvalue weighted by Gasteiger charge is -2.27. The summed E-state index contributed by atoms with van der Waals surface area (Å²) in [7, 11) is 0. The van der Waals surface area contributed by atoms with Crippen molar-refractivity contribution in [3.05, 3.63) is 23.9 Å². The van der Waals surface area contributed by atoms with E-state index in [1.165, 1.54) is 32.6 Å². The van der Waals surface area contributed by atoms with E-state index in [-0.39, 0.29) is 41.9 Å². The molecule has 2 heterocycles. The largest absolute Gasteiger partial charge is 0.360 e. The van der Waals surface area contributed by atoms with Crippen molar-refractivity contribution in [1.82, 2.24) is 15.2 Å². The Labute approximate surface area is 181 Å². The summed E-state index contributed by atoms with van der Waals surface area (Å²) < 4.78 is 0. The van der Waals surface area contributed by atoms with Gasteiger partial charge < -0.3 is 15.5 Å². The second-order valence-corrected chi connectivity index (χ2v) is 9.63. The van der Waals surface area contributed by atoms with Gasteiger partial charge in [-0.3, -0.25) is 19.8 Å². The van der Waals surface area contributed by atoms with Crippen LogP contribution in [-0.4, -0.2) is 57.9 Å².